The molecule has 2 fully saturated rings. The minimum Gasteiger partial charge on any atom is -0.387 e. The van der Waals surface area contributed by atoms with Crippen molar-refractivity contribution in [2.75, 3.05) is 6.61 Å². The van der Waals surface area contributed by atoms with Crippen molar-refractivity contribution < 1.29 is 14.6 Å². The van der Waals surface area contributed by atoms with Crippen LogP contribution in [0.2, 0.25) is 0 Å². The van der Waals surface area contributed by atoms with Gasteiger partial charge in [0.05, 0.1) is 35.7 Å². The van der Waals surface area contributed by atoms with Gasteiger partial charge in [0.25, 0.3) is 5.91 Å². The number of aliphatic hydroxyl groups is 1. The molecule has 2 heterocycles. The molecule has 1 unspecified atom stereocenters. The van der Waals surface area contributed by atoms with Gasteiger partial charge in [-0.3, -0.25) is 4.79 Å². The Labute approximate surface area is 181 Å². The number of aromatic nitrogens is 3. The fraction of sp³-hybridized carbons (Fsp3) is 0.500. The predicted molar refractivity (Wildman–Crippen MR) is 118 cm³/mol. The number of carbonyl (C=O) groups excluding carboxylic acids is 1. The molecular weight excluding hydrogens is 392 g/mol. The highest BCUT2D eigenvalue weighted by Crippen LogP contribution is 2.40. The van der Waals surface area contributed by atoms with E-state index < -0.39 is 11.5 Å². The van der Waals surface area contributed by atoms with Crippen LogP contribution in [-0.4, -0.2) is 43.4 Å². The van der Waals surface area contributed by atoms with Crippen LogP contribution in [0.1, 0.15) is 61.8 Å². The van der Waals surface area contributed by atoms with Gasteiger partial charge in [-0.1, -0.05) is 0 Å². The lowest BCUT2D eigenvalue weighted by Crippen LogP contribution is -2.36. The summed E-state index contributed by atoms with van der Waals surface area (Å²) in [6.07, 6.45) is 13.6. The van der Waals surface area contributed by atoms with E-state index in [9.17, 15) is 9.90 Å². The second kappa shape index (κ2) is 7.80. The van der Waals surface area contributed by atoms with Crippen LogP contribution in [0.15, 0.2) is 43.1 Å². The number of imidazole rings is 1. The number of nitrogens with zero attached hydrogens (tertiary/aromatic N) is 3. The van der Waals surface area contributed by atoms with Crippen LogP contribution >= 0.6 is 0 Å². The van der Waals surface area contributed by atoms with Gasteiger partial charge >= 0.3 is 0 Å². The van der Waals surface area contributed by atoms with E-state index in [1.54, 1.807) is 12.5 Å². The van der Waals surface area contributed by atoms with Crippen molar-refractivity contribution in [1.29, 1.82) is 0 Å². The molecule has 0 spiro atoms. The number of ether oxygens (including phenoxy) is 1. The summed E-state index contributed by atoms with van der Waals surface area (Å²) in [4.78, 5) is 16.4. The third-order valence-corrected chi connectivity index (χ3v) is 6.97. The molecule has 3 N–H and O–H groups in total. The quantitative estimate of drug-likeness (QED) is 0.608. The van der Waals surface area contributed by atoms with Crippen LogP contribution in [0.5, 0.6) is 0 Å². The van der Waals surface area contributed by atoms with Crippen LogP contribution in [0.4, 0.5) is 0 Å². The highest BCUT2D eigenvalue weighted by Gasteiger charge is 2.40. The number of rotatable bonds is 7. The van der Waals surface area contributed by atoms with E-state index in [-0.39, 0.29) is 6.10 Å². The van der Waals surface area contributed by atoms with E-state index in [4.69, 9.17) is 10.5 Å². The number of hydrogen-bond donors (Lipinski definition) is 2. The molecule has 7 nitrogen and oxygen atoms in total. The van der Waals surface area contributed by atoms with Crippen LogP contribution in [0.3, 0.4) is 0 Å². The Bertz CT molecular complexity index is 1070. The smallest absolute Gasteiger partial charge is 0.250 e. The second-order valence-corrected chi connectivity index (χ2v) is 9.36. The van der Waals surface area contributed by atoms with Crippen LogP contribution in [0, 0.1) is 5.92 Å². The van der Waals surface area contributed by atoms with Crippen molar-refractivity contribution in [2.45, 2.75) is 63.2 Å². The summed E-state index contributed by atoms with van der Waals surface area (Å²) in [5, 5.41) is 11.5. The number of benzene rings is 1. The maximum atomic E-state index is 12.3. The van der Waals surface area contributed by atoms with Crippen molar-refractivity contribution in [3.63, 3.8) is 0 Å². The van der Waals surface area contributed by atoms with E-state index in [2.05, 4.69) is 27.9 Å². The van der Waals surface area contributed by atoms with Crippen molar-refractivity contribution in [3.05, 3.63) is 48.7 Å². The van der Waals surface area contributed by atoms with Gasteiger partial charge in [-0.15, -0.1) is 0 Å². The van der Waals surface area contributed by atoms with Gasteiger partial charge in [0, 0.05) is 35.7 Å². The Morgan fingerprint density at radius 3 is 2.65 bits per heavy atom. The molecule has 1 atom stereocenters. The summed E-state index contributed by atoms with van der Waals surface area (Å²) < 4.78 is 10.2. The molecule has 2 aromatic heterocycles. The summed E-state index contributed by atoms with van der Waals surface area (Å²) in [7, 11) is 0. The number of nitrogens with two attached hydrogens (primary N) is 1. The molecular formula is C24H30N4O3. The maximum absolute atomic E-state index is 12.3. The lowest BCUT2D eigenvalue weighted by atomic mass is 9.92. The molecule has 0 aliphatic heterocycles. The molecule has 2 aliphatic carbocycles. The van der Waals surface area contributed by atoms with E-state index in [0.29, 0.717) is 24.1 Å². The van der Waals surface area contributed by atoms with Gasteiger partial charge in [0.2, 0.25) is 0 Å². The van der Waals surface area contributed by atoms with E-state index in [0.717, 1.165) is 55.1 Å². The van der Waals surface area contributed by atoms with Crippen LogP contribution < -0.4 is 5.73 Å². The minimum atomic E-state index is -0.698. The summed E-state index contributed by atoms with van der Waals surface area (Å²) in [6.45, 7) is 2.31. The predicted octanol–water partition coefficient (Wildman–Crippen LogP) is 3.59. The average molecular weight is 423 g/mol. The van der Waals surface area contributed by atoms with Crippen LogP contribution in [0.25, 0.3) is 16.6 Å². The lowest BCUT2D eigenvalue weighted by Gasteiger charge is -2.32. The van der Waals surface area contributed by atoms with Gasteiger partial charge in [0.1, 0.15) is 0 Å². The van der Waals surface area contributed by atoms with Crippen molar-refractivity contribution >= 4 is 16.8 Å². The molecule has 7 heteroatoms. The topological polar surface area (TPSA) is 95.3 Å². The van der Waals surface area contributed by atoms with E-state index in [1.165, 1.54) is 0 Å². The first-order valence-corrected chi connectivity index (χ1v) is 11.2. The normalized spacial score (nSPS) is 23.7. The first-order valence-electron chi connectivity index (χ1n) is 11.2. The van der Waals surface area contributed by atoms with Crippen LogP contribution in [-0.2, 0) is 4.74 Å². The molecule has 164 valence electrons. The fourth-order valence-corrected chi connectivity index (χ4v) is 4.94. The molecule has 1 amide bonds. The lowest BCUT2D eigenvalue weighted by molar-refractivity contribution is -0.0844. The minimum absolute atomic E-state index is 0.187. The van der Waals surface area contributed by atoms with Gasteiger partial charge < -0.3 is 24.7 Å². The zero-order valence-corrected chi connectivity index (χ0v) is 17.9. The first-order chi connectivity index (χ1) is 14.9. The molecule has 2 aliphatic rings. The number of primary amides is 1. The second-order valence-electron chi connectivity index (χ2n) is 9.36. The zero-order chi connectivity index (χ0) is 21.6. The Balaban J connectivity index is 1.33. The third-order valence-electron chi connectivity index (χ3n) is 6.97. The molecule has 0 radical (unpaired) electrons. The van der Waals surface area contributed by atoms with Crippen molar-refractivity contribution in [3.8, 4) is 5.69 Å². The Kier molecular flexibility index (Phi) is 5.10. The van der Waals surface area contributed by atoms with Crippen molar-refractivity contribution in [2.24, 2.45) is 11.7 Å². The standard InChI is InChI=1S/C24H30N4O3/c1-24(30,17-2-3-17)14-31-20-6-4-18(5-7-20)28-10-8-16-12-19(27-11-9-26-15-27)13-21(22(16)28)23(25)29/h8-13,15,17-18,20,30H,2-7,14H2,1H3,(H2,25,29). The van der Waals surface area contributed by atoms with Gasteiger partial charge in [-0.25, -0.2) is 4.98 Å². The van der Waals surface area contributed by atoms with Gasteiger partial charge in [-0.2, -0.15) is 0 Å². The summed E-state index contributed by atoms with van der Waals surface area (Å²) in [6, 6.07) is 6.27. The highest BCUT2D eigenvalue weighted by atomic mass is 16.5. The number of hydrogen-bond acceptors (Lipinski definition) is 4. The fourth-order valence-electron chi connectivity index (χ4n) is 4.94. The van der Waals surface area contributed by atoms with E-state index >= 15 is 0 Å². The summed E-state index contributed by atoms with van der Waals surface area (Å²) in [5.41, 5.74) is 7.38. The monoisotopic (exact) mass is 422 g/mol. The molecule has 1 aromatic carbocycles. The largest absolute Gasteiger partial charge is 0.387 e. The Morgan fingerprint density at radius 1 is 1.23 bits per heavy atom. The molecule has 0 bridgehead atoms. The number of carbonyl (C=O) groups is 1. The third kappa shape index (κ3) is 4.00. The Morgan fingerprint density at radius 2 is 2.00 bits per heavy atom. The molecule has 0 saturated heterocycles. The van der Waals surface area contributed by atoms with E-state index in [1.807, 2.05) is 23.8 Å². The Hall–Kier alpha value is -2.64. The highest BCUT2D eigenvalue weighted by molar-refractivity contribution is 6.06. The molecule has 3 aromatic rings. The van der Waals surface area contributed by atoms with Gasteiger partial charge in [0.15, 0.2) is 0 Å². The number of amides is 1. The summed E-state index contributed by atoms with van der Waals surface area (Å²) >= 11 is 0. The molecule has 31 heavy (non-hydrogen) atoms. The van der Waals surface area contributed by atoms with Gasteiger partial charge in [-0.05, 0) is 69.6 Å². The molecule has 5 rings (SSSR count). The average Bonchev–Trinajstić information content (AvgIpc) is 3.33. The zero-order valence-electron chi connectivity index (χ0n) is 17.9. The maximum Gasteiger partial charge on any atom is 0.250 e. The SMILES string of the molecule is CC(O)(COC1CCC(n2ccc3cc(-n4ccnc4)cc(C(N)=O)c32)CC1)C1CC1. The molecule has 2 saturated carbocycles. The summed E-state index contributed by atoms with van der Waals surface area (Å²) in [5.74, 6) is -0.0271. The number of fused-ring (bicyclic) bond motifs is 1. The van der Waals surface area contributed by atoms with Crippen molar-refractivity contribution in [1.82, 2.24) is 14.1 Å². The first kappa shape index (κ1) is 20.3.